The summed E-state index contributed by atoms with van der Waals surface area (Å²) in [6.45, 7) is 12.4. The summed E-state index contributed by atoms with van der Waals surface area (Å²) in [5.41, 5.74) is 1.90. The standard InChI is InChI=1S/C14H27ClN2/c1-5-12(3)13-10-17(9-7-8-15)14(4,6-2)11-16-13/h7-8,12-13,16H,5-6,9-11H2,1-4H3/b8-7+. The van der Waals surface area contributed by atoms with E-state index in [0.29, 0.717) is 6.04 Å². The average molecular weight is 259 g/mol. The molecule has 0 saturated carbocycles. The summed E-state index contributed by atoms with van der Waals surface area (Å²) >= 11 is 5.66. The first-order chi connectivity index (χ1) is 8.07. The molecule has 100 valence electrons. The highest BCUT2D eigenvalue weighted by atomic mass is 35.5. The van der Waals surface area contributed by atoms with Crippen LogP contribution in [0.1, 0.15) is 40.5 Å². The third-order valence-electron chi connectivity index (χ3n) is 4.43. The van der Waals surface area contributed by atoms with E-state index in [2.05, 4.69) is 44.0 Å². The molecule has 3 atom stereocenters. The molecule has 1 aliphatic heterocycles. The fourth-order valence-electron chi connectivity index (χ4n) is 2.46. The molecule has 3 heteroatoms. The Hall–Kier alpha value is -0.0500. The summed E-state index contributed by atoms with van der Waals surface area (Å²) in [7, 11) is 0. The summed E-state index contributed by atoms with van der Waals surface area (Å²) in [5, 5.41) is 3.72. The summed E-state index contributed by atoms with van der Waals surface area (Å²) in [4.78, 5) is 2.57. The van der Waals surface area contributed by atoms with Gasteiger partial charge in [-0.3, -0.25) is 4.90 Å². The molecule has 0 bridgehead atoms. The van der Waals surface area contributed by atoms with Crippen molar-refractivity contribution < 1.29 is 0 Å². The number of nitrogens with one attached hydrogen (secondary N) is 1. The SMILES string of the molecule is CCC(C)C1CN(C/C=C/Cl)C(C)(CC)CN1. The van der Waals surface area contributed by atoms with E-state index in [1.54, 1.807) is 5.54 Å². The van der Waals surface area contributed by atoms with Gasteiger partial charge in [-0.25, -0.2) is 0 Å². The van der Waals surface area contributed by atoms with Crippen molar-refractivity contribution in [2.45, 2.75) is 52.1 Å². The van der Waals surface area contributed by atoms with Gasteiger partial charge in [0.2, 0.25) is 0 Å². The van der Waals surface area contributed by atoms with E-state index >= 15 is 0 Å². The maximum Gasteiger partial charge on any atom is 0.0307 e. The van der Waals surface area contributed by atoms with Crippen LogP contribution in [0.25, 0.3) is 0 Å². The predicted octanol–water partition coefficient (Wildman–Crippen LogP) is 3.23. The fraction of sp³-hybridized carbons (Fsp3) is 0.857. The molecular weight excluding hydrogens is 232 g/mol. The minimum atomic E-state index is 0.264. The Bertz CT molecular complexity index is 255. The Labute approximate surface area is 111 Å². The topological polar surface area (TPSA) is 15.3 Å². The second-order valence-corrected chi connectivity index (χ2v) is 5.74. The normalized spacial score (nSPS) is 33.1. The molecule has 1 aliphatic rings. The van der Waals surface area contributed by atoms with E-state index in [-0.39, 0.29) is 5.54 Å². The van der Waals surface area contributed by atoms with Crippen LogP contribution in [0.15, 0.2) is 11.6 Å². The van der Waals surface area contributed by atoms with Crippen LogP contribution in [-0.2, 0) is 0 Å². The fourth-order valence-corrected chi connectivity index (χ4v) is 2.54. The average Bonchev–Trinajstić information content (AvgIpc) is 2.36. The highest BCUT2D eigenvalue weighted by Crippen LogP contribution is 2.25. The Morgan fingerprint density at radius 2 is 2.24 bits per heavy atom. The molecule has 2 nitrogen and oxygen atoms in total. The van der Waals surface area contributed by atoms with Crippen LogP contribution in [0, 0.1) is 5.92 Å². The molecule has 3 unspecified atom stereocenters. The first-order valence-electron chi connectivity index (χ1n) is 6.81. The molecule has 0 aromatic rings. The molecule has 1 N–H and O–H groups in total. The first-order valence-corrected chi connectivity index (χ1v) is 7.24. The highest BCUT2D eigenvalue weighted by molar-refractivity contribution is 6.25. The number of piperazine rings is 1. The van der Waals surface area contributed by atoms with Crippen LogP contribution in [0.4, 0.5) is 0 Å². The third kappa shape index (κ3) is 3.70. The van der Waals surface area contributed by atoms with E-state index in [1.807, 2.05) is 0 Å². The van der Waals surface area contributed by atoms with Gasteiger partial charge in [-0.2, -0.15) is 0 Å². The summed E-state index contributed by atoms with van der Waals surface area (Å²) in [6.07, 6.45) is 4.46. The number of nitrogens with zero attached hydrogens (tertiary/aromatic N) is 1. The summed E-state index contributed by atoms with van der Waals surface area (Å²) < 4.78 is 0. The Morgan fingerprint density at radius 3 is 2.76 bits per heavy atom. The van der Waals surface area contributed by atoms with Crippen LogP contribution in [0.5, 0.6) is 0 Å². The van der Waals surface area contributed by atoms with Gasteiger partial charge in [-0.05, 0) is 19.3 Å². The lowest BCUT2D eigenvalue weighted by Crippen LogP contribution is -2.64. The number of hydrogen-bond acceptors (Lipinski definition) is 2. The Balaban J connectivity index is 2.69. The lowest BCUT2D eigenvalue weighted by Gasteiger charge is -2.49. The van der Waals surface area contributed by atoms with E-state index < -0.39 is 0 Å². The predicted molar refractivity (Wildman–Crippen MR) is 76.5 cm³/mol. The molecule has 0 radical (unpaired) electrons. The first kappa shape index (κ1) is 15.0. The molecule has 0 aliphatic carbocycles. The molecule has 0 spiro atoms. The molecular formula is C14H27ClN2. The van der Waals surface area contributed by atoms with E-state index in [1.165, 1.54) is 12.8 Å². The second-order valence-electron chi connectivity index (χ2n) is 5.49. The van der Waals surface area contributed by atoms with Crippen molar-refractivity contribution in [2.75, 3.05) is 19.6 Å². The molecule has 1 rings (SSSR count). The van der Waals surface area contributed by atoms with Crippen molar-refractivity contribution in [3.8, 4) is 0 Å². The lowest BCUT2D eigenvalue weighted by atomic mass is 9.88. The van der Waals surface area contributed by atoms with E-state index in [0.717, 1.165) is 25.6 Å². The van der Waals surface area contributed by atoms with Crippen LogP contribution in [-0.4, -0.2) is 36.1 Å². The quantitative estimate of drug-likeness (QED) is 0.815. The van der Waals surface area contributed by atoms with Crippen LogP contribution in [0.2, 0.25) is 0 Å². The lowest BCUT2D eigenvalue weighted by molar-refractivity contribution is 0.0469. The van der Waals surface area contributed by atoms with Gasteiger partial charge in [0, 0.05) is 36.8 Å². The molecule has 1 saturated heterocycles. The zero-order valence-corrected chi connectivity index (χ0v) is 12.4. The van der Waals surface area contributed by atoms with Gasteiger partial charge in [-0.1, -0.05) is 44.9 Å². The van der Waals surface area contributed by atoms with Crippen LogP contribution >= 0.6 is 11.6 Å². The van der Waals surface area contributed by atoms with Crippen molar-refractivity contribution in [1.82, 2.24) is 10.2 Å². The number of halogens is 1. The van der Waals surface area contributed by atoms with Gasteiger partial charge in [-0.15, -0.1) is 0 Å². The maximum atomic E-state index is 5.66. The Morgan fingerprint density at radius 1 is 1.53 bits per heavy atom. The molecule has 1 fully saturated rings. The van der Waals surface area contributed by atoms with Gasteiger partial charge in [0.25, 0.3) is 0 Å². The van der Waals surface area contributed by atoms with Crippen molar-refractivity contribution >= 4 is 11.6 Å². The monoisotopic (exact) mass is 258 g/mol. The van der Waals surface area contributed by atoms with Gasteiger partial charge in [0.15, 0.2) is 0 Å². The minimum Gasteiger partial charge on any atom is -0.311 e. The molecule has 1 heterocycles. The van der Waals surface area contributed by atoms with Gasteiger partial charge >= 0.3 is 0 Å². The van der Waals surface area contributed by atoms with Crippen LogP contribution in [0.3, 0.4) is 0 Å². The van der Waals surface area contributed by atoms with Crippen molar-refractivity contribution in [1.29, 1.82) is 0 Å². The van der Waals surface area contributed by atoms with Crippen molar-refractivity contribution in [2.24, 2.45) is 5.92 Å². The van der Waals surface area contributed by atoms with Gasteiger partial charge < -0.3 is 5.32 Å². The molecule has 17 heavy (non-hydrogen) atoms. The highest BCUT2D eigenvalue weighted by Gasteiger charge is 2.36. The zero-order valence-electron chi connectivity index (χ0n) is 11.7. The number of rotatable bonds is 5. The molecule has 0 amide bonds. The maximum absolute atomic E-state index is 5.66. The Kier molecular flexibility index (Phi) is 5.98. The van der Waals surface area contributed by atoms with Gasteiger partial charge in [0.1, 0.15) is 0 Å². The third-order valence-corrected chi connectivity index (χ3v) is 4.61. The van der Waals surface area contributed by atoms with Crippen molar-refractivity contribution in [3.05, 3.63) is 11.6 Å². The minimum absolute atomic E-state index is 0.264. The molecule has 0 aromatic heterocycles. The molecule has 0 aromatic carbocycles. The van der Waals surface area contributed by atoms with E-state index in [4.69, 9.17) is 11.6 Å². The van der Waals surface area contributed by atoms with E-state index in [9.17, 15) is 0 Å². The second kappa shape index (κ2) is 6.77. The smallest absolute Gasteiger partial charge is 0.0307 e. The summed E-state index contributed by atoms with van der Waals surface area (Å²) in [6, 6.07) is 0.614. The van der Waals surface area contributed by atoms with Gasteiger partial charge in [0.05, 0.1) is 0 Å². The van der Waals surface area contributed by atoms with Crippen LogP contribution < -0.4 is 5.32 Å². The largest absolute Gasteiger partial charge is 0.311 e. The summed E-state index contributed by atoms with van der Waals surface area (Å²) in [5.74, 6) is 0.735. The number of hydrogen-bond donors (Lipinski definition) is 1. The zero-order chi connectivity index (χ0) is 12.9. The van der Waals surface area contributed by atoms with Crippen molar-refractivity contribution in [3.63, 3.8) is 0 Å².